The highest BCUT2D eigenvalue weighted by Crippen LogP contribution is 2.14. The van der Waals surface area contributed by atoms with Gasteiger partial charge in [-0.15, -0.1) is 0 Å². The molecule has 18 heavy (non-hydrogen) atoms. The van der Waals surface area contributed by atoms with Crippen molar-refractivity contribution in [2.24, 2.45) is 5.92 Å². The molecule has 1 atom stereocenters. The van der Waals surface area contributed by atoms with Crippen molar-refractivity contribution in [2.75, 3.05) is 7.11 Å². The number of ether oxygens (including phenoxy) is 1. The van der Waals surface area contributed by atoms with Crippen LogP contribution in [0.3, 0.4) is 0 Å². The lowest BCUT2D eigenvalue weighted by Crippen LogP contribution is -2.35. The van der Waals surface area contributed by atoms with Gasteiger partial charge in [-0.1, -0.05) is 12.1 Å². The fraction of sp³-hybridized carbons (Fsp3) is 0.429. The number of nitrogens with zero attached hydrogens (tertiary/aromatic N) is 1. The van der Waals surface area contributed by atoms with E-state index in [1.165, 1.54) is 0 Å². The normalized spacial score (nSPS) is 11.7. The van der Waals surface area contributed by atoms with Crippen LogP contribution in [-0.2, 0) is 11.2 Å². The molecule has 0 saturated heterocycles. The van der Waals surface area contributed by atoms with Gasteiger partial charge in [0, 0.05) is 6.04 Å². The molecule has 0 aliphatic rings. The predicted molar refractivity (Wildman–Crippen MR) is 69.1 cm³/mol. The molecule has 1 aromatic rings. The molecule has 1 aromatic carbocycles. The molecule has 4 nitrogen and oxygen atoms in total. The van der Waals surface area contributed by atoms with Crippen molar-refractivity contribution < 1.29 is 9.53 Å². The zero-order valence-electron chi connectivity index (χ0n) is 10.9. The van der Waals surface area contributed by atoms with Crippen LogP contribution in [0.5, 0.6) is 5.75 Å². The average molecular weight is 246 g/mol. The quantitative estimate of drug-likeness (QED) is 0.863. The highest BCUT2D eigenvalue weighted by molar-refractivity contribution is 5.81. The Morgan fingerprint density at radius 1 is 1.39 bits per heavy atom. The Bertz CT molecular complexity index is 432. The molecule has 0 aliphatic carbocycles. The number of benzene rings is 1. The van der Waals surface area contributed by atoms with Gasteiger partial charge in [0.05, 0.1) is 13.2 Å². The summed E-state index contributed by atoms with van der Waals surface area (Å²) in [6.45, 7) is 3.75. The van der Waals surface area contributed by atoms with E-state index in [0.717, 1.165) is 11.3 Å². The number of rotatable bonds is 5. The van der Waals surface area contributed by atoms with Crippen LogP contribution in [0.1, 0.15) is 19.4 Å². The first-order valence-corrected chi connectivity index (χ1v) is 5.89. The fourth-order valence-electron chi connectivity index (χ4n) is 1.58. The van der Waals surface area contributed by atoms with Crippen LogP contribution in [-0.4, -0.2) is 19.1 Å². The van der Waals surface area contributed by atoms with E-state index in [4.69, 9.17) is 10.00 Å². The van der Waals surface area contributed by atoms with Crippen LogP contribution in [0.2, 0.25) is 0 Å². The SMILES string of the molecule is COc1ccc(CC(C#N)C(=O)NC(C)C)cc1. The van der Waals surface area contributed by atoms with Crippen LogP contribution in [0.25, 0.3) is 0 Å². The topological polar surface area (TPSA) is 62.1 Å². The number of hydrogen-bond donors (Lipinski definition) is 1. The number of nitrogens with one attached hydrogen (secondary N) is 1. The van der Waals surface area contributed by atoms with Crippen LogP contribution in [0, 0.1) is 17.2 Å². The summed E-state index contributed by atoms with van der Waals surface area (Å²) in [6, 6.07) is 9.47. The van der Waals surface area contributed by atoms with Crippen molar-refractivity contribution in [1.82, 2.24) is 5.32 Å². The Labute approximate surface area is 108 Å². The zero-order valence-corrected chi connectivity index (χ0v) is 10.9. The lowest BCUT2D eigenvalue weighted by atomic mass is 9.99. The summed E-state index contributed by atoms with van der Waals surface area (Å²) in [5.41, 5.74) is 0.946. The second-order valence-electron chi connectivity index (χ2n) is 4.40. The molecule has 0 radical (unpaired) electrons. The van der Waals surface area contributed by atoms with Gasteiger partial charge < -0.3 is 10.1 Å². The Balaban J connectivity index is 2.68. The molecule has 0 bridgehead atoms. The van der Waals surface area contributed by atoms with Crippen molar-refractivity contribution in [3.63, 3.8) is 0 Å². The lowest BCUT2D eigenvalue weighted by Gasteiger charge is -2.12. The number of amides is 1. The van der Waals surface area contributed by atoms with E-state index in [1.807, 2.05) is 44.2 Å². The van der Waals surface area contributed by atoms with E-state index in [-0.39, 0.29) is 11.9 Å². The molecule has 96 valence electrons. The first kappa shape index (κ1) is 14.0. The van der Waals surface area contributed by atoms with Gasteiger partial charge >= 0.3 is 0 Å². The van der Waals surface area contributed by atoms with Crippen molar-refractivity contribution in [2.45, 2.75) is 26.3 Å². The third-order valence-electron chi connectivity index (χ3n) is 2.50. The molecule has 0 spiro atoms. The number of nitriles is 1. The second-order valence-corrected chi connectivity index (χ2v) is 4.40. The number of methoxy groups -OCH3 is 1. The summed E-state index contributed by atoms with van der Waals surface area (Å²) in [6.07, 6.45) is 0.416. The standard InChI is InChI=1S/C14H18N2O2/c1-10(2)16-14(17)12(9-15)8-11-4-6-13(18-3)7-5-11/h4-7,10,12H,8H2,1-3H3,(H,16,17). The van der Waals surface area contributed by atoms with Crippen LogP contribution in [0.15, 0.2) is 24.3 Å². The van der Waals surface area contributed by atoms with Gasteiger partial charge in [0.25, 0.3) is 0 Å². The van der Waals surface area contributed by atoms with Gasteiger partial charge in [-0.25, -0.2) is 0 Å². The second kappa shape index (κ2) is 6.65. The van der Waals surface area contributed by atoms with Crippen LogP contribution >= 0.6 is 0 Å². The predicted octanol–water partition coefficient (Wildman–Crippen LogP) is 1.90. The van der Waals surface area contributed by atoms with Crippen molar-refractivity contribution in [3.05, 3.63) is 29.8 Å². The fourth-order valence-corrected chi connectivity index (χ4v) is 1.58. The molecular formula is C14H18N2O2. The molecule has 0 saturated carbocycles. The lowest BCUT2D eigenvalue weighted by molar-refractivity contribution is -0.123. The van der Waals surface area contributed by atoms with Gasteiger partial charge in [0.15, 0.2) is 0 Å². The summed E-state index contributed by atoms with van der Waals surface area (Å²) < 4.78 is 5.06. The first-order valence-electron chi connectivity index (χ1n) is 5.89. The summed E-state index contributed by atoms with van der Waals surface area (Å²) in [5, 5.41) is 11.8. The minimum Gasteiger partial charge on any atom is -0.497 e. The van der Waals surface area contributed by atoms with Crippen LogP contribution < -0.4 is 10.1 Å². The summed E-state index contributed by atoms with van der Waals surface area (Å²) >= 11 is 0. The van der Waals surface area contributed by atoms with Gasteiger partial charge in [0.1, 0.15) is 11.7 Å². The molecule has 1 unspecified atom stereocenters. The Hall–Kier alpha value is -2.02. The number of hydrogen-bond acceptors (Lipinski definition) is 3. The average Bonchev–Trinajstić information content (AvgIpc) is 2.35. The molecular weight excluding hydrogens is 228 g/mol. The molecule has 1 amide bonds. The van der Waals surface area contributed by atoms with Gasteiger partial charge in [0.2, 0.25) is 5.91 Å². The summed E-state index contributed by atoms with van der Waals surface area (Å²) in [5.74, 6) is -0.108. The van der Waals surface area contributed by atoms with E-state index in [2.05, 4.69) is 5.32 Å². The maximum absolute atomic E-state index is 11.8. The maximum atomic E-state index is 11.8. The molecule has 1 N–H and O–H groups in total. The van der Waals surface area contributed by atoms with E-state index < -0.39 is 5.92 Å². The third-order valence-corrected chi connectivity index (χ3v) is 2.50. The third kappa shape index (κ3) is 4.10. The Morgan fingerprint density at radius 2 is 2.00 bits per heavy atom. The van der Waals surface area contributed by atoms with Crippen molar-refractivity contribution >= 4 is 5.91 Å². The first-order chi connectivity index (χ1) is 8.56. The van der Waals surface area contributed by atoms with E-state index >= 15 is 0 Å². The van der Waals surface area contributed by atoms with Gasteiger partial charge in [-0.05, 0) is 38.0 Å². The van der Waals surface area contributed by atoms with Crippen LogP contribution in [0.4, 0.5) is 0 Å². The molecule has 0 aliphatic heterocycles. The molecule has 0 fully saturated rings. The minimum atomic E-state index is -0.652. The Kier molecular flexibility index (Phi) is 5.19. The van der Waals surface area contributed by atoms with E-state index in [1.54, 1.807) is 7.11 Å². The van der Waals surface area contributed by atoms with Crippen molar-refractivity contribution in [3.8, 4) is 11.8 Å². The molecule has 1 rings (SSSR count). The van der Waals surface area contributed by atoms with E-state index in [9.17, 15) is 4.79 Å². The molecule has 4 heteroatoms. The minimum absolute atomic E-state index is 0.0456. The zero-order chi connectivity index (χ0) is 13.5. The largest absolute Gasteiger partial charge is 0.497 e. The van der Waals surface area contributed by atoms with Gasteiger partial charge in [-0.3, -0.25) is 4.79 Å². The maximum Gasteiger partial charge on any atom is 0.237 e. The summed E-state index contributed by atoms with van der Waals surface area (Å²) in [4.78, 5) is 11.8. The van der Waals surface area contributed by atoms with Gasteiger partial charge in [-0.2, -0.15) is 5.26 Å². The van der Waals surface area contributed by atoms with E-state index in [0.29, 0.717) is 6.42 Å². The Morgan fingerprint density at radius 3 is 2.44 bits per heavy atom. The smallest absolute Gasteiger partial charge is 0.237 e. The highest BCUT2D eigenvalue weighted by atomic mass is 16.5. The number of carbonyl (C=O) groups is 1. The van der Waals surface area contributed by atoms with Crippen molar-refractivity contribution in [1.29, 1.82) is 5.26 Å². The monoisotopic (exact) mass is 246 g/mol. The molecule has 0 aromatic heterocycles. The summed E-state index contributed by atoms with van der Waals surface area (Å²) in [7, 11) is 1.60. The number of carbonyl (C=O) groups excluding carboxylic acids is 1. The molecule has 0 heterocycles. The highest BCUT2D eigenvalue weighted by Gasteiger charge is 2.18.